The quantitative estimate of drug-likeness (QED) is 0.829. The van der Waals surface area contributed by atoms with Gasteiger partial charge in [-0.1, -0.05) is 31.1 Å². The van der Waals surface area contributed by atoms with Crippen LogP contribution in [0.4, 0.5) is 4.39 Å². The Morgan fingerprint density at radius 3 is 2.75 bits per heavy atom. The SMILES string of the molecule is CC(C)C(CN)c1nc(CSc2ccccc2F)no1. The van der Waals surface area contributed by atoms with Crippen molar-refractivity contribution in [1.29, 1.82) is 0 Å². The molecule has 0 bridgehead atoms. The minimum Gasteiger partial charge on any atom is -0.339 e. The smallest absolute Gasteiger partial charge is 0.231 e. The number of benzene rings is 1. The summed E-state index contributed by atoms with van der Waals surface area (Å²) in [4.78, 5) is 4.93. The van der Waals surface area contributed by atoms with Gasteiger partial charge in [0.25, 0.3) is 0 Å². The maximum atomic E-state index is 13.5. The van der Waals surface area contributed by atoms with Crippen molar-refractivity contribution in [3.8, 4) is 0 Å². The van der Waals surface area contributed by atoms with E-state index in [4.69, 9.17) is 10.3 Å². The van der Waals surface area contributed by atoms with Crippen LogP contribution in [0.2, 0.25) is 0 Å². The molecule has 1 aromatic carbocycles. The van der Waals surface area contributed by atoms with Crippen molar-refractivity contribution in [2.75, 3.05) is 6.54 Å². The van der Waals surface area contributed by atoms with Gasteiger partial charge in [0.15, 0.2) is 5.82 Å². The number of halogens is 1. The van der Waals surface area contributed by atoms with E-state index in [2.05, 4.69) is 24.0 Å². The van der Waals surface area contributed by atoms with Gasteiger partial charge in [0.1, 0.15) is 5.82 Å². The summed E-state index contributed by atoms with van der Waals surface area (Å²) in [5.41, 5.74) is 5.72. The monoisotopic (exact) mass is 295 g/mol. The first kappa shape index (κ1) is 15.0. The number of hydrogen-bond donors (Lipinski definition) is 1. The predicted octanol–water partition coefficient (Wildman–Crippen LogP) is 3.20. The number of rotatable bonds is 6. The van der Waals surface area contributed by atoms with Gasteiger partial charge in [0.2, 0.25) is 5.89 Å². The van der Waals surface area contributed by atoms with Gasteiger partial charge in [-0.25, -0.2) is 4.39 Å². The molecule has 2 rings (SSSR count). The van der Waals surface area contributed by atoms with Crippen molar-refractivity contribution < 1.29 is 8.91 Å². The lowest BCUT2D eigenvalue weighted by Crippen LogP contribution is -2.18. The first-order chi connectivity index (χ1) is 9.61. The van der Waals surface area contributed by atoms with E-state index in [1.54, 1.807) is 18.2 Å². The van der Waals surface area contributed by atoms with Crippen LogP contribution in [0.5, 0.6) is 0 Å². The fourth-order valence-electron chi connectivity index (χ4n) is 1.84. The number of nitrogens with zero attached hydrogens (tertiary/aromatic N) is 2. The van der Waals surface area contributed by atoms with Gasteiger partial charge in [0.05, 0.1) is 11.7 Å². The van der Waals surface area contributed by atoms with Gasteiger partial charge in [0, 0.05) is 11.4 Å². The van der Waals surface area contributed by atoms with Crippen molar-refractivity contribution >= 4 is 11.8 Å². The molecular weight excluding hydrogens is 277 g/mol. The third kappa shape index (κ3) is 3.58. The summed E-state index contributed by atoms with van der Waals surface area (Å²) in [6.45, 7) is 4.60. The largest absolute Gasteiger partial charge is 0.339 e. The Labute approximate surface area is 121 Å². The highest BCUT2D eigenvalue weighted by atomic mass is 32.2. The lowest BCUT2D eigenvalue weighted by molar-refractivity contribution is 0.322. The van der Waals surface area contributed by atoms with Crippen LogP contribution in [-0.2, 0) is 5.75 Å². The van der Waals surface area contributed by atoms with E-state index >= 15 is 0 Å². The van der Waals surface area contributed by atoms with Gasteiger partial charge < -0.3 is 10.3 Å². The third-order valence-electron chi connectivity index (χ3n) is 3.05. The molecule has 1 heterocycles. The molecule has 1 aromatic heterocycles. The zero-order chi connectivity index (χ0) is 14.5. The van der Waals surface area contributed by atoms with Gasteiger partial charge in [-0.3, -0.25) is 0 Å². The van der Waals surface area contributed by atoms with Crippen LogP contribution in [0.15, 0.2) is 33.7 Å². The van der Waals surface area contributed by atoms with E-state index < -0.39 is 0 Å². The van der Waals surface area contributed by atoms with E-state index in [0.717, 1.165) is 0 Å². The molecule has 0 radical (unpaired) electrons. The molecule has 0 aliphatic rings. The molecule has 1 unspecified atom stereocenters. The molecule has 1 atom stereocenters. The van der Waals surface area contributed by atoms with Crippen LogP contribution >= 0.6 is 11.8 Å². The second kappa shape index (κ2) is 6.85. The minimum absolute atomic E-state index is 0.0645. The fourth-order valence-corrected chi connectivity index (χ4v) is 2.62. The van der Waals surface area contributed by atoms with Crippen LogP contribution in [0.3, 0.4) is 0 Å². The second-order valence-electron chi connectivity index (χ2n) is 4.85. The maximum absolute atomic E-state index is 13.5. The summed E-state index contributed by atoms with van der Waals surface area (Å²) >= 11 is 1.35. The summed E-state index contributed by atoms with van der Waals surface area (Å²) in [6, 6.07) is 6.64. The highest BCUT2D eigenvalue weighted by molar-refractivity contribution is 7.98. The molecule has 6 heteroatoms. The second-order valence-corrected chi connectivity index (χ2v) is 5.87. The van der Waals surface area contributed by atoms with E-state index in [1.807, 2.05) is 0 Å². The Hall–Kier alpha value is -1.40. The summed E-state index contributed by atoms with van der Waals surface area (Å²) in [5, 5.41) is 3.93. The number of hydrogen-bond acceptors (Lipinski definition) is 5. The Balaban J connectivity index is 2.01. The number of nitrogens with two attached hydrogens (primary N) is 1. The summed E-state index contributed by atoms with van der Waals surface area (Å²) < 4.78 is 18.7. The molecule has 4 nitrogen and oxygen atoms in total. The first-order valence-corrected chi connectivity index (χ1v) is 7.50. The molecule has 0 saturated heterocycles. The van der Waals surface area contributed by atoms with Gasteiger partial charge in [-0.2, -0.15) is 4.98 Å². The van der Waals surface area contributed by atoms with Gasteiger partial charge in [-0.05, 0) is 18.1 Å². The van der Waals surface area contributed by atoms with Crippen LogP contribution in [0.25, 0.3) is 0 Å². The van der Waals surface area contributed by atoms with Crippen LogP contribution in [0.1, 0.15) is 31.5 Å². The summed E-state index contributed by atoms with van der Waals surface area (Å²) in [7, 11) is 0. The van der Waals surface area contributed by atoms with E-state index in [0.29, 0.717) is 34.8 Å². The average Bonchev–Trinajstić information content (AvgIpc) is 2.87. The standard InChI is InChI=1S/C14H18FN3OS/c1-9(2)10(7-16)14-17-13(18-19-14)8-20-12-6-4-3-5-11(12)15/h3-6,9-10H,7-8,16H2,1-2H3. The molecule has 0 aliphatic carbocycles. The highest BCUT2D eigenvalue weighted by Gasteiger charge is 2.21. The number of thioether (sulfide) groups is 1. The molecule has 0 amide bonds. The lowest BCUT2D eigenvalue weighted by atomic mass is 9.96. The molecule has 0 saturated carbocycles. The zero-order valence-corrected chi connectivity index (χ0v) is 12.4. The normalized spacial score (nSPS) is 12.8. The van der Waals surface area contributed by atoms with Crippen LogP contribution in [0, 0.1) is 11.7 Å². The molecule has 0 fully saturated rings. The third-order valence-corrected chi connectivity index (χ3v) is 4.10. The topological polar surface area (TPSA) is 64.9 Å². The minimum atomic E-state index is -0.233. The molecule has 108 valence electrons. The fraction of sp³-hybridized carbons (Fsp3) is 0.429. The Bertz CT molecular complexity index is 559. The van der Waals surface area contributed by atoms with E-state index in [9.17, 15) is 4.39 Å². The van der Waals surface area contributed by atoms with Gasteiger partial charge in [-0.15, -0.1) is 11.8 Å². The Kier molecular flexibility index (Phi) is 5.14. The maximum Gasteiger partial charge on any atom is 0.231 e. The molecule has 2 aromatic rings. The van der Waals surface area contributed by atoms with Crippen molar-refractivity contribution in [3.63, 3.8) is 0 Å². The van der Waals surface area contributed by atoms with E-state index in [1.165, 1.54) is 17.8 Å². The summed E-state index contributed by atoms with van der Waals surface area (Å²) in [6.07, 6.45) is 0. The predicted molar refractivity (Wildman–Crippen MR) is 76.9 cm³/mol. The molecule has 0 spiro atoms. The Morgan fingerprint density at radius 2 is 2.10 bits per heavy atom. The van der Waals surface area contributed by atoms with Crippen molar-refractivity contribution in [2.24, 2.45) is 11.7 Å². The van der Waals surface area contributed by atoms with Crippen molar-refractivity contribution in [2.45, 2.75) is 30.4 Å². The van der Waals surface area contributed by atoms with Gasteiger partial charge >= 0.3 is 0 Å². The Morgan fingerprint density at radius 1 is 1.35 bits per heavy atom. The molecule has 0 aliphatic heterocycles. The molecular formula is C14H18FN3OS. The lowest BCUT2D eigenvalue weighted by Gasteiger charge is -2.13. The van der Waals surface area contributed by atoms with E-state index in [-0.39, 0.29) is 11.7 Å². The average molecular weight is 295 g/mol. The highest BCUT2D eigenvalue weighted by Crippen LogP contribution is 2.26. The van der Waals surface area contributed by atoms with Crippen LogP contribution < -0.4 is 5.73 Å². The molecule has 2 N–H and O–H groups in total. The van der Waals surface area contributed by atoms with Crippen molar-refractivity contribution in [3.05, 3.63) is 41.8 Å². The summed E-state index contributed by atoms with van der Waals surface area (Å²) in [5.74, 6) is 1.77. The zero-order valence-electron chi connectivity index (χ0n) is 11.5. The van der Waals surface area contributed by atoms with Crippen LogP contribution in [-0.4, -0.2) is 16.7 Å². The first-order valence-electron chi connectivity index (χ1n) is 6.51. The molecule has 20 heavy (non-hydrogen) atoms. The van der Waals surface area contributed by atoms with Crippen molar-refractivity contribution in [1.82, 2.24) is 10.1 Å². The number of aromatic nitrogens is 2.